The van der Waals surface area contributed by atoms with Crippen LogP contribution in [0.1, 0.15) is 6.42 Å². The zero-order valence-electron chi connectivity index (χ0n) is 8.22. The topological polar surface area (TPSA) is 29.1 Å². The van der Waals surface area contributed by atoms with Crippen LogP contribution in [0.2, 0.25) is 0 Å². The number of amides is 1. The van der Waals surface area contributed by atoms with Gasteiger partial charge >= 0.3 is 0 Å². The second-order valence-electron chi connectivity index (χ2n) is 2.89. The van der Waals surface area contributed by atoms with Gasteiger partial charge in [-0.1, -0.05) is 6.07 Å². The molecule has 82 valence electrons. The van der Waals surface area contributed by atoms with Crippen molar-refractivity contribution >= 4 is 45.9 Å². The average Bonchev–Trinajstić information content (AvgIpc) is 2.22. The highest BCUT2D eigenvalue weighted by Gasteiger charge is 2.07. The number of anilines is 1. The minimum atomic E-state index is -0.307. The molecule has 0 heterocycles. The Morgan fingerprint density at radius 1 is 1.60 bits per heavy atom. The van der Waals surface area contributed by atoms with E-state index in [1.54, 1.807) is 23.9 Å². The number of benzene rings is 1. The number of nitrogens with one attached hydrogen (secondary N) is 1. The molecule has 5 heteroatoms. The van der Waals surface area contributed by atoms with Crippen molar-refractivity contribution in [2.24, 2.45) is 0 Å². The fourth-order valence-electron chi connectivity index (χ4n) is 1.01. The Morgan fingerprint density at radius 2 is 2.33 bits per heavy atom. The molecule has 1 rings (SSSR count). The van der Waals surface area contributed by atoms with Gasteiger partial charge in [0.05, 0.1) is 9.26 Å². The third-order valence-electron chi connectivity index (χ3n) is 1.76. The van der Waals surface area contributed by atoms with Gasteiger partial charge in [0.25, 0.3) is 0 Å². The molecule has 0 aliphatic heterocycles. The summed E-state index contributed by atoms with van der Waals surface area (Å²) in [5.41, 5.74) is 0.543. The number of hydrogen-bond donors (Lipinski definition) is 1. The van der Waals surface area contributed by atoms with Crippen LogP contribution in [-0.2, 0) is 4.79 Å². The highest BCUT2D eigenvalue weighted by Crippen LogP contribution is 2.20. The minimum absolute atomic E-state index is 0.0760. The lowest BCUT2D eigenvalue weighted by Gasteiger charge is -2.07. The molecule has 0 saturated carbocycles. The van der Waals surface area contributed by atoms with Crippen molar-refractivity contribution in [1.82, 2.24) is 0 Å². The Labute approximate surface area is 106 Å². The fourth-order valence-corrected chi connectivity index (χ4v) is 1.89. The predicted molar refractivity (Wildman–Crippen MR) is 70.7 cm³/mol. The Hall–Kier alpha value is -0.300. The third-order valence-corrected chi connectivity index (χ3v) is 3.47. The molecule has 0 atom stereocenters. The highest BCUT2D eigenvalue weighted by molar-refractivity contribution is 14.1. The Bertz CT molecular complexity index is 359. The van der Waals surface area contributed by atoms with Gasteiger partial charge in [-0.3, -0.25) is 4.79 Å². The van der Waals surface area contributed by atoms with Crippen molar-refractivity contribution in [2.75, 3.05) is 17.3 Å². The van der Waals surface area contributed by atoms with E-state index in [2.05, 4.69) is 5.32 Å². The van der Waals surface area contributed by atoms with Crippen LogP contribution >= 0.6 is 34.4 Å². The number of carbonyl (C=O) groups is 1. The molecule has 1 aromatic rings. The lowest BCUT2D eigenvalue weighted by Crippen LogP contribution is -2.13. The summed E-state index contributed by atoms with van der Waals surface area (Å²) >= 11 is 3.49. The molecule has 15 heavy (non-hydrogen) atoms. The third kappa shape index (κ3) is 3.98. The maximum absolute atomic E-state index is 13.1. The van der Waals surface area contributed by atoms with Crippen LogP contribution in [0.4, 0.5) is 10.1 Å². The van der Waals surface area contributed by atoms with E-state index in [1.807, 2.05) is 28.8 Å². The van der Waals surface area contributed by atoms with Gasteiger partial charge in [0.15, 0.2) is 0 Å². The van der Waals surface area contributed by atoms with Crippen molar-refractivity contribution in [3.05, 3.63) is 27.6 Å². The van der Waals surface area contributed by atoms with E-state index in [1.165, 1.54) is 6.07 Å². The monoisotopic (exact) mass is 339 g/mol. The van der Waals surface area contributed by atoms with Gasteiger partial charge in [0.1, 0.15) is 5.82 Å². The summed E-state index contributed by atoms with van der Waals surface area (Å²) in [4.78, 5) is 11.4. The lowest BCUT2D eigenvalue weighted by atomic mass is 10.3. The lowest BCUT2D eigenvalue weighted by molar-refractivity contribution is -0.115. The Morgan fingerprint density at radius 3 is 3.00 bits per heavy atom. The molecular formula is C10H11FINOS. The summed E-state index contributed by atoms with van der Waals surface area (Å²) in [7, 11) is 0. The molecule has 0 aromatic heterocycles. The van der Waals surface area contributed by atoms with Crippen LogP contribution in [0.25, 0.3) is 0 Å². The molecule has 0 spiro atoms. The number of carbonyl (C=O) groups excluding carboxylic acids is 1. The van der Waals surface area contributed by atoms with Gasteiger partial charge in [-0.2, -0.15) is 11.8 Å². The molecule has 0 fully saturated rings. The fraction of sp³-hybridized carbons (Fsp3) is 0.300. The van der Waals surface area contributed by atoms with E-state index >= 15 is 0 Å². The van der Waals surface area contributed by atoms with E-state index in [4.69, 9.17) is 0 Å². The Balaban J connectivity index is 2.64. The quantitative estimate of drug-likeness (QED) is 0.854. The molecule has 1 N–H and O–H groups in total. The first kappa shape index (κ1) is 12.8. The zero-order chi connectivity index (χ0) is 11.3. The average molecular weight is 339 g/mol. The van der Waals surface area contributed by atoms with Crippen molar-refractivity contribution in [1.29, 1.82) is 0 Å². The van der Waals surface area contributed by atoms with Gasteiger partial charge in [-0.25, -0.2) is 4.39 Å². The van der Waals surface area contributed by atoms with Gasteiger partial charge in [-0.05, 0) is 41.0 Å². The van der Waals surface area contributed by atoms with Crippen LogP contribution in [0.3, 0.4) is 0 Å². The van der Waals surface area contributed by atoms with Crippen molar-refractivity contribution in [3.8, 4) is 0 Å². The van der Waals surface area contributed by atoms with Gasteiger partial charge in [-0.15, -0.1) is 0 Å². The first-order chi connectivity index (χ1) is 7.15. The first-order valence-electron chi connectivity index (χ1n) is 4.38. The normalized spacial score (nSPS) is 10.1. The predicted octanol–water partition coefficient (Wildman–Crippen LogP) is 3.12. The smallest absolute Gasteiger partial charge is 0.225 e. The molecule has 2 nitrogen and oxygen atoms in total. The molecular weight excluding hydrogens is 328 g/mol. The van der Waals surface area contributed by atoms with Crippen LogP contribution in [0.15, 0.2) is 18.2 Å². The number of hydrogen-bond acceptors (Lipinski definition) is 2. The second kappa shape index (κ2) is 6.32. The minimum Gasteiger partial charge on any atom is -0.325 e. The second-order valence-corrected chi connectivity index (χ2v) is 4.96. The van der Waals surface area contributed by atoms with E-state index < -0.39 is 0 Å². The van der Waals surface area contributed by atoms with E-state index in [0.717, 1.165) is 5.75 Å². The number of rotatable bonds is 4. The molecule has 0 aliphatic carbocycles. The van der Waals surface area contributed by atoms with Crippen LogP contribution in [-0.4, -0.2) is 17.9 Å². The van der Waals surface area contributed by atoms with Crippen molar-refractivity contribution in [2.45, 2.75) is 6.42 Å². The summed E-state index contributed by atoms with van der Waals surface area (Å²) in [5, 5.41) is 2.69. The molecule has 0 radical (unpaired) electrons. The molecule has 0 aliphatic rings. The van der Waals surface area contributed by atoms with E-state index in [0.29, 0.717) is 15.7 Å². The van der Waals surface area contributed by atoms with Gasteiger partial charge in [0, 0.05) is 12.2 Å². The number of halogens is 2. The number of thioether (sulfide) groups is 1. The summed E-state index contributed by atoms with van der Waals surface area (Å²) in [6, 6.07) is 4.66. The molecule has 1 amide bonds. The molecule has 0 unspecified atom stereocenters. The standard InChI is InChI=1S/C10H11FINOS/c1-15-6-5-9(14)13-8-4-2-3-7(11)10(8)12/h2-4H,5-6H2,1H3,(H,13,14). The molecule has 0 saturated heterocycles. The summed E-state index contributed by atoms with van der Waals surface area (Å²) in [6.45, 7) is 0. The maximum Gasteiger partial charge on any atom is 0.225 e. The van der Waals surface area contributed by atoms with Crippen LogP contribution in [0.5, 0.6) is 0 Å². The summed E-state index contributed by atoms with van der Waals surface area (Å²) in [6.07, 6.45) is 2.40. The SMILES string of the molecule is CSCCC(=O)Nc1cccc(F)c1I. The van der Waals surface area contributed by atoms with E-state index in [9.17, 15) is 9.18 Å². The first-order valence-corrected chi connectivity index (χ1v) is 6.85. The molecule has 1 aromatic carbocycles. The van der Waals surface area contributed by atoms with Gasteiger partial charge in [0.2, 0.25) is 5.91 Å². The largest absolute Gasteiger partial charge is 0.325 e. The van der Waals surface area contributed by atoms with E-state index in [-0.39, 0.29) is 11.7 Å². The van der Waals surface area contributed by atoms with Crippen molar-refractivity contribution < 1.29 is 9.18 Å². The van der Waals surface area contributed by atoms with Crippen molar-refractivity contribution in [3.63, 3.8) is 0 Å². The van der Waals surface area contributed by atoms with Crippen LogP contribution in [0, 0.1) is 9.39 Å². The summed E-state index contributed by atoms with van der Waals surface area (Å²) < 4.78 is 13.6. The van der Waals surface area contributed by atoms with Crippen LogP contribution < -0.4 is 5.32 Å². The van der Waals surface area contributed by atoms with Gasteiger partial charge < -0.3 is 5.32 Å². The highest BCUT2D eigenvalue weighted by atomic mass is 127. The maximum atomic E-state index is 13.1. The Kier molecular flexibility index (Phi) is 5.38. The summed E-state index contributed by atoms with van der Waals surface area (Å²) in [5.74, 6) is 0.392. The molecule has 0 bridgehead atoms. The zero-order valence-corrected chi connectivity index (χ0v) is 11.2.